The molecule has 1 aliphatic rings. The fraction of sp³-hybridized carbons (Fsp3) is 0.127. The largest absolute Gasteiger partial charge is 0.405 e. The monoisotopic (exact) mass is 1330 g/mol. The average Bonchev–Trinajstić information content (AvgIpc) is 1.55. The molecule has 0 bridgehead atoms. The highest BCUT2D eigenvalue weighted by Gasteiger charge is 2.49. The van der Waals surface area contributed by atoms with Crippen molar-refractivity contribution in [3.63, 3.8) is 0 Å². The number of rotatable bonds is 15. The van der Waals surface area contributed by atoms with Crippen molar-refractivity contribution in [1.82, 2.24) is 0 Å². The van der Waals surface area contributed by atoms with Crippen LogP contribution in [-0.2, 0) is 6.42 Å². The van der Waals surface area contributed by atoms with Crippen LogP contribution in [0.3, 0.4) is 0 Å². The zero-order valence-corrected chi connectivity index (χ0v) is 57.8. The number of carbonyl (C=O) groups excluding carboxylic acids is 1. The molecule has 0 N–H and O–H groups in total. The van der Waals surface area contributed by atoms with Gasteiger partial charge in [-0.2, -0.15) is 0 Å². The molecule has 4 aromatic carbocycles. The lowest BCUT2D eigenvalue weighted by molar-refractivity contribution is 0.112. The summed E-state index contributed by atoms with van der Waals surface area (Å²) in [7, 11) is -3.20. The van der Waals surface area contributed by atoms with Gasteiger partial charge in [-0.15, -0.1) is 12.8 Å². The van der Waals surface area contributed by atoms with Crippen LogP contribution in [0.1, 0.15) is 98.2 Å². The van der Waals surface area contributed by atoms with Crippen LogP contribution in [0, 0.1) is 387 Å². The molecular weight excluding hydrogens is 1290 g/mol. The standard InChI is InChI=1S/C102H44O2Si/c1-5-8-11-14-17-20-23-25-27-29-31-33-35-37-39-41-43-45-47-49-51-53-55-57-59-61-64-67-70-73-78-95-90-96(82-84-100(95)104-85-76-71-68-65-62-60-58-56-54-52-50-48-46-44-42-40-38-36-34-32-30-28-26-24-21-18-15-12-9-6-2)105(101-80-75-74-79-98(101)99-83-81-94(91-103)89-102(99)105)97-87-92(4)86-93(88-97)77-72-69-66-63-22-19-16-13-10-7-3/h1-2,74-75,79-84,86-91H,7,10,13,16,19,22,63,66,69,72,77H2,3-4H3. The van der Waals surface area contributed by atoms with Crippen LogP contribution in [0.15, 0.2) is 78.9 Å². The number of terminal acetylenes is 2. The van der Waals surface area contributed by atoms with Crippen molar-refractivity contribution in [3.8, 4) is 397 Å². The number of ether oxygens (including phenoxy) is 1. The molecule has 1 unspecified atom stereocenters. The molecule has 1 heterocycles. The van der Waals surface area contributed by atoms with E-state index in [9.17, 15) is 4.79 Å². The minimum absolute atomic E-state index is 0.371. The number of fused-ring (bicyclic) bond motifs is 3. The van der Waals surface area contributed by atoms with Crippen LogP contribution in [0.2, 0.25) is 0 Å². The third-order valence-electron chi connectivity index (χ3n) is 13.1. The maximum Gasteiger partial charge on any atom is 0.180 e. The lowest BCUT2D eigenvalue weighted by Gasteiger charge is -2.32. The van der Waals surface area contributed by atoms with E-state index >= 15 is 0 Å². The number of carbonyl (C=O) groups is 1. The second-order valence-electron chi connectivity index (χ2n) is 19.9. The quantitative estimate of drug-likeness (QED) is 0.0466. The van der Waals surface area contributed by atoms with Gasteiger partial charge in [0.15, 0.2) is 13.8 Å². The summed E-state index contributed by atoms with van der Waals surface area (Å²) in [4.78, 5) is 12.6. The molecule has 5 rings (SSSR count). The SMILES string of the molecule is C#CC#CC#CC#CC#CC#CC#CC#CC#CC#CC#CC#CC#CC#CC#CC#COc1ccc([Si]2(c3cc(C)cc(CCCCCCCCCCCC)c3)c3ccccc3-c3ccc(C=O)cc32)cc1C#CC#CC#CC#CC#CC#CC#CC#CC#CC#CC#CC#CC#CC#CC#CC#C. The predicted molar refractivity (Wildman–Crippen MR) is 425 cm³/mol. The molecule has 0 spiro atoms. The number of hydrogen-bond acceptors (Lipinski definition) is 2. The Kier molecular flexibility index (Phi) is 39.3. The number of aldehydes is 1. The normalized spacial score (nSPS) is 8.57. The Labute approximate surface area is 623 Å². The van der Waals surface area contributed by atoms with Gasteiger partial charge < -0.3 is 4.74 Å². The predicted octanol–water partition coefficient (Wildman–Crippen LogP) is 7.68. The Morgan fingerprint density at radius 3 is 1.08 bits per heavy atom. The Bertz CT molecular complexity index is 6400. The van der Waals surface area contributed by atoms with Gasteiger partial charge in [0, 0.05) is 219 Å². The van der Waals surface area contributed by atoms with E-state index in [1.165, 1.54) is 73.7 Å². The molecular formula is C102H44O2Si. The molecule has 1 aliphatic heterocycles. The fourth-order valence-electron chi connectivity index (χ4n) is 9.11. The summed E-state index contributed by atoms with van der Waals surface area (Å²) in [6.45, 7) is 4.42. The highest BCUT2D eigenvalue weighted by Crippen LogP contribution is 2.31. The highest BCUT2D eigenvalue weighted by molar-refractivity contribution is 7.22. The first kappa shape index (κ1) is 78.2. The topological polar surface area (TPSA) is 26.3 Å². The summed E-state index contributed by atoms with van der Waals surface area (Å²) in [6.07, 6.45) is 27.1. The van der Waals surface area contributed by atoms with Crippen molar-refractivity contribution in [2.45, 2.75) is 84.5 Å². The zero-order valence-electron chi connectivity index (χ0n) is 56.8. The van der Waals surface area contributed by atoms with Crippen molar-refractivity contribution < 1.29 is 9.53 Å². The molecule has 0 saturated carbocycles. The van der Waals surface area contributed by atoms with Gasteiger partial charge in [0.05, 0.1) is 5.56 Å². The lowest BCUT2D eigenvalue weighted by atomic mass is 10.0. The minimum Gasteiger partial charge on any atom is -0.405 e. The first-order valence-corrected chi connectivity index (χ1v) is 33.6. The van der Waals surface area contributed by atoms with Gasteiger partial charge in [0.1, 0.15) is 12.4 Å². The summed E-state index contributed by atoms with van der Waals surface area (Å²) in [5.41, 5.74) is 5.77. The van der Waals surface area contributed by atoms with E-state index in [0.717, 1.165) is 46.2 Å². The van der Waals surface area contributed by atoms with Crippen LogP contribution in [0.5, 0.6) is 5.75 Å². The molecule has 0 saturated heterocycles. The van der Waals surface area contributed by atoms with Crippen LogP contribution < -0.4 is 25.5 Å². The van der Waals surface area contributed by atoms with Crippen LogP contribution in [0.25, 0.3) is 11.1 Å². The van der Waals surface area contributed by atoms with Crippen molar-refractivity contribution in [2.75, 3.05) is 0 Å². The van der Waals surface area contributed by atoms with E-state index < -0.39 is 8.07 Å². The molecule has 0 fully saturated rings. The molecule has 468 valence electrons. The van der Waals surface area contributed by atoms with E-state index in [1.54, 1.807) is 0 Å². The molecule has 0 radical (unpaired) electrons. The fourth-order valence-corrected chi connectivity index (χ4v) is 14.5. The first-order chi connectivity index (χ1) is 52.1. The van der Waals surface area contributed by atoms with Crippen LogP contribution in [-0.4, -0.2) is 14.4 Å². The van der Waals surface area contributed by atoms with Gasteiger partial charge in [-0.3, -0.25) is 4.79 Å². The number of aryl methyl sites for hydroxylation is 2. The summed E-state index contributed by atoms with van der Waals surface area (Å²) < 4.78 is 6.08. The van der Waals surface area contributed by atoms with Crippen molar-refractivity contribution in [1.29, 1.82) is 0 Å². The first-order valence-electron chi connectivity index (χ1n) is 31.6. The van der Waals surface area contributed by atoms with E-state index in [4.69, 9.17) is 17.6 Å². The summed E-state index contributed by atoms with van der Waals surface area (Å²) >= 11 is 0. The molecule has 0 aliphatic carbocycles. The van der Waals surface area contributed by atoms with Crippen molar-refractivity contribution >= 4 is 35.1 Å². The number of benzene rings is 4. The maximum atomic E-state index is 12.6. The van der Waals surface area contributed by atoms with E-state index in [-0.39, 0.29) is 0 Å². The number of unbranched alkanes of at least 4 members (excludes halogenated alkanes) is 9. The van der Waals surface area contributed by atoms with Gasteiger partial charge in [0.25, 0.3) is 0 Å². The summed E-state index contributed by atoms with van der Waals surface area (Å²) in [6, 6.07) is 27.6. The van der Waals surface area contributed by atoms with Crippen LogP contribution >= 0.6 is 0 Å². The van der Waals surface area contributed by atoms with Crippen LogP contribution in [0.4, 0.5) is 0 Å². The third-order valence-corrected chi connectivity index (χ3v) is 17.9. The van der Waals surface area contributed by atoms with Gasteiger partial charge in [-0.1, -0.05) is 137 Å². The molecule has 4 aromatic rings. The van der Waals surface area contributed by atoms with Crippen molar-refractivity contribution in [3.05, 3.63) is 101 Å². The van der Waals surface area contributed by atoms with E-state index in [2.05, 4.69) is 448 Å². The van der Waals surface area contributed by atoms with E-state index in [0.29, 0.717) is 16.9 Å². The summed E-state index contributed by atoms with van der Waals surface area (Å²) in [5, 5.41) is 4.55. The Morgan fingerprint density at radius 1 is 0.333 bits per heavy atom. The Balaban J connectivity index is 1.36. The molecule has 0 amide bonds. The maximum absolute atomic E-state index is 12.6. The smallest absolute Gasteiger partial charge is 0.180 e. The highest BCUT2D eigenvalue weighted by atomic mass is 28.3. The second kappa shape index (κ2) is 52.7. The van der Waals surface area contributed by atoms with Gasteiger partial charge in [-0.25, -0.2) is 0 Å². The second-order valence-corrected chi connectivity index (χ2v) is 23.7. The van der Waals surface area contributed by atoms with Crippen molar-refractivity contribution in [2.24, 2.45) is 0 Å². The van der Waals surface area contributed by atoms with E-state index in [1.807, 2.05) is 12.1 Å². The number of hydrogen-bond donors (Lipinski definition) is 0. The summed E-state index contributed by atoms with van der Waals surface area (Å²) in [5.74, 6) is 156. The molecule has 3 heteroatoms. The molecule has 105 heavy (non-hydrogen) atoms. The molecule has 2 nitrogen and oxygen atoms in total. The van der Waals surface area contributed by atoms with Gasteiger partial charge in [-0.05, 0) is 217 Å². The molecule has 1 atom stereocenters. The van der Waals surface area contributed by atoms with Gasteiger partial charge >= 0.3 is 0 Å². The minimum atomic E-state index is -3.20. The lowest BCUT2D eigenvalue weighted by Crippen LogP contribution is -2.73. The third kappa shape index (κ3) is 32.2. The zero-order chi connectivity index (χ0) is 74.1. The van der Waals surface area contributed by atoms with Gasteiger partial charge in [0.2, 0.25) is 0 Å². The average molecular weight is 1330 g/mol. The Morgan fingerprint density at radius 2 is 0.686 bits per heavy atom. The Hall–Kier alpha value is -17.5. The molecule has 0 aromatic heterocycles.